The molecule has 1 aliphatic heterocycles. The van der Waals surface area contributed by atoms with Crippen molar-refractivity contribution in [3.63, 3.8) is 0 Å². The number of likely N-dealkylation sites (tertiary alicyclic amines) is 1. The van der Waals surface area contributed by atoms with E-state index < -0.39 is 0 Å². The van der Waals surface area contributed by atoms with Crippen LogP contribution in [0.4, 0.5) is 0 Å². The lowest BCUT2D eigenvalue weighted by Crippen LogP contribution is -2.31. The van der Waals surface area contributed by atoms with E-state index in [2.05, 4.69) is 36.2 Å². The van der Waals surface area contributed by atoms with Crippen LogP contribution in [0.25, 0.3) is 0 Å². The van der Waals surface area contributed by atoms with Crippen LogP contribution in [-0.4, -0.2) is 37.6 Å². The first kappa shape index (κ1) is 11.7. The molecule has 0 amide bonds. The molecule has 1 N–H and O–H groups in total. The second-order valence-corrected chi connectivity index (χ2v) is 4.34. The van der Waals surface area contributed by atoms with E-state index in [1.807, 2.05) is 0 Å². The highest BCUT2D eigenvalue weighted by Crippen LogP contribution is 2.09. The minimum absolute atomic E-state index is 0.776. The largest absolute Gasteiger partial charge is 0.313 e. The number of allylic oxidation sites excluding steroid dienone is 1. The molecule has 82 valence electrons. The summed E-state index contributed by atoms with van der Waals surface area (Å²) in [6, 6.07) is 0. The summed E-state index contributed by atoms with van der Waals surface area (Å²) in [6.45, 7) is 10.5. The monoisotopic (exact) mass is 196 g/mol. The fourth-order valence-electron chi connectivity index (χ4n) is 2.00. The molecule has 1 fully saturated rings. The van der Waals surface area contributed by atoms with Gasteiger partial charge < -0.3 is 10.2 Å². The summed E-state index contributed by atoms with van der Waals surface area (Å²) in [4.78, 5) is 2.59. The molecule has 1 saturated heterocycles. The van der Waals surface area contributed by atoms with Crippen LogP contribution in [0.1, 0.15) is 26.7 Å². The van der Waals surface area contributed by atoms with E-state index in [1.165, 1.54) is 32.5 Å². The summed E-state index contributed by atoms with van der Waals surface area (Å²) in [6.07, 6.45) is 7.07. The predicted octanol–water partition coefficient (Wildman–Crippen LogP) is 1.88. The van der Waals surface area contributed by atoms with Gasteiger partial charge in [0, 0.05) is 13.1 Å². The zero-order valence-electron chi connectivity index (χ0n) is 9.63. The highest BCUT2D eigenvalue weighted by atomic mass is 15.1. The van der Waals surface area contributed by atoms with Crippen LogP contribution in [0.15, 0.2) is 12.2 Å². The number of nitrogens with one attached hydrogen (secondary N) is 1. The van der Waals surface area contributed by atoms with Crippen molar-refractivity contribution >= 4 is 0 Å². The van der Waals surface area contributed by atoms with Crippen molar-refractivity contribution in [1.82, 2.24) is 10.2 Å². The zero-order valence-corrected chi connectivity index (χ0v) is 9.63. The average molecular weight is 196 g/mol. The maximum Gasteiger partial charge on any atom is 0.0134 e. The van der Waals surface area contributed by atoms with Crippen molar-refractivity contribution in [2.75, 3.05) is 32.7 Å². The van der Waals surface area contributed by atoms with E-state index in [4.69, 9.17) is 0 Å². The van der Waals surface area contributed by atoms with Gasteiger partial charge >= 0.3 is 0 Å². The zero-order chi connectivity index (χ0) is 10.2. The van der Waals surface area contributed by atoms with Crippen LogP contribution in [0, 0.1) is 5.92 Å². The molecule has 1 heterocycles. The summed E-state index contributed by atoms with van der Waals surface area (Å²) in [5, 5.41) is 3.45. The Labute approximate surface area is 88.4 Å². The third-order valence-electron chi connectivity index (χ3n) is 2.76. The lowest BCUT2D eigenvalue weighted by Gasteiger charge is -2.20. The van der Waals surface area contributed by atoms with Gasteiger partial charge in [-0.1, -0.05) is 19.1 Å². The van der Waals surface area contributed by atoms with Crippen molar-refractivity contribution < 1.29 is 0 Å². The quantitative estimate of drug-likeness (QED) is 0.515. The predicted molar refractivity (Wildman–Crippen MR) is 62.5 cm³/mol. The summed E-state index contributed by atoms with van der Waals surface area (Å²) in [5.41, 5.74) is 0. The van der Waals surface area contributed by atoms with Gasteiger partial charge in [0.2, 0.25) is 0 Å². The van der Waals surface area contributed by atoms with Crippen LogP contribution in [-0.2, 0) is 0 Å². The summed E-state index contributed by atoms with van der Waals surface area (Å²) >= 11 is 0. The van der Waals surface area contributed by atoms with Crippen LogP contribution >= 0.6 is 0 Å². The number of nitrogens with zero attached hydrogens (tertiary/aromatic N) is 1. The van der Waals surface area contributed by atoms with Gasteiger partial charge in [-0.25, -0.2) is 0 Å². The van der Waals surface area contributed by atoms with E-state index in [0.717, 1.165) is 19.0 Å². The first-order valence-corrected chi connectivity index (χ1v) is 5.87. The Morgan fingerprint density at radius 3 is 2.71 bits per heavy atom. The highest BCUT2D eigenvalue weighted by Gasteiger charge is 2.13. The average Bonchev–Trinajstić information content (AvgIpc) is 2.65. The van der Waals surface area contributed by atoms with Gasteiger partial charge in [0.05, 0.1) is 0 Å². The maximum atomic E-state index is 3.45. The molecule has 0 spiro atoms. The second kappa shape index (κ2) is 7.02. The third kappa shape index (κ3) is 4.77. The molecule has 0 aromatic carbocycles. The molecule has 2 nitrogen and oxygen atoms in total. The Morgan fingerprint density at radius 1 is 1.36 bits per heavy atom. The number of hydrogen-bond donors (Lipinski definition) is 1. The molecule has 0 radical (unpaired) electrons. The Hall–Kier alpha value is -0.340. The Morgan fingerprint density at radius 2 is 2.07 bits per heavy atom. The standard InChI is InChI=1S/C12H24N2/c1-3-4-7-13-10-12(2)11-14-8-5-6-9-14/h3-4,12-13H,5-11H2,1-2H3/b4-3+. The van der Waals surface area contributed by atoms with Gasteiger partial charge in [0.1, 0.15) is 0 Å². The van der Waals surface area contributed by atoms with E-state index >= 15 is 0 Å². The van der Waals surface area contributed by atoms with Gasteiger partial charge in [0.25, 0.3) is 0 Å². The SMILES string of the molecule is C/C=C/CNCC(C)CN1CCCC1. The summed E-state index contributed by atoms with van der Waals surface area (Å²) in [5.74, 6) is 0.776. The molecule has 0 bridgehead atoms. The minimum Gasteiger partial charge on any atom is -0.313 e. The molecular weight excluding hydrogens is 172 g/mol. The molecule has 2 heteroatoms. The van der Waals surface area contributed by atoms with Gasteiger partial charge in [-0.2, -0.15) is 0 Å². The second-order valence-electron chi connectivity index (χ2n) is 4.34. The highest BCUT2D eigenvalue weighted by molar-refractivity contribution is 4.80. The first-order chi connectivity index (χ1) is 6.83. The van der Waals surface area contributed by atoms with Crippen molar-refractivity contribution in [3.05, 3.63) is 12.2 Å². The number of hydrogen-bond acceptors (Lipinski definition) is 2. The van der Waals surface area contributed by atoms with E-state index in [9.17, 15) is 0 Å². The summed E-state index contributed by atoms with van der Waals surface area (Å²) < 4.78 is 0. The van der Waals surface area contributed by atoms with E-state index in [-0.39, 0.29) is 0 Å². The van der Waals surface area contributed by atoms with E-state index in [1.54, 1.807) is 0 Å². The van der Waals surface area contributed by atoms with Crippen LogP contribution in [0.2, 0.25) is 0 Å². The molecule has 0 aromatic rings. The van der Waals surface area contributed by atoms with Gasteiger partial charge in [0.15, 0.2) is 0 Å². The maximum absolute atomic E-state index is 3.45. The lowest BCUT2D eigenvalue weighted by atomic mass is 10.1. The molecule has 14 heavy (non-hydrogen) atoms. The smallest absolute Gasteiger partial charge is 0.0134 e. The molecule has 1 atom stereocenters. The van der Waals surface area contributed by atoms with Crippen molar-refractivity contribution in [1.29, 1.82) is 0 Å². The Kier molecular flexibility index (Phi) is 5.88. The van der Waals surface area contributed by atoms with Crippen molar-refractivity contribution in [3.8, 4) is 0 Å². The molecule has 0 aliphatic carbocycles. The van der Waals surface area contributed by atoms with Gasteiger partial charge in [-0.3, -0.25) is 0 Å². The fraction of sp³-hybridized carbons (Fsp3) is 0.833. The fourth-order valence-corrected chi connectivity index (χ4v) is 2.00. The molecular formula is C12H24N2. The molecule has 1 unspecified atom stereocenters. The third-order valence-corrected chi connectivity index (χ3v) is 2.76. The minimum atomic E-state index is 0.776. The molecule has 1 aliphatic rings. The Bertz CT molecular complexity index is 160. The first-order valence-electron chi connectivity index (χ1n) is 5.87. The van der Waals surface area contributed by atoms with E-state index in [0.29, 0.717) is 0 Å². The van der Waals surface area contributed by atoms with Gasteiger partial charge in [-0.05, 0) is 45.3 Å². The van der Waals surface area contributed by atoms with Crippen LogP contribution < -0.4 is 5.32 Å². The van der Waals surface area contributed by atoms with Crippen LogP contribution in [0.3, 0.4) is 0 Å². The molecule has 1 rings (SSSR count). The van der Waals surface area contributed by atoms with Crippen molar-refractivity contribution in [2.45, 2.75) is 26.7 Å². The van der Waals surface area contributed by atoms with Crippen molar-refractivity contribution in [2.24, 2.45) is 5.92 Å². The molecule has 0 aromatic heterocycles. The van der Waals surface area contributed by atoms with Crippen LogP contribution in [0.5, 0.6) is 0 Å². The van der Waals surface area contributed by atoms with Gasteiger partial charge in [-0.15, -0.1) is 0 Å². The lowest BCUT2D eigenvalue weighted by molar-refractivity contribution is 0.284. The Balaban J connectivity index is 2.00. The number of rotatable bonds is 6. The normalized spacial score (nSPS) is 20.7. The topological polar surface area (TPSA) is 15.3 Å². The molecule has 0 saturated carbocycles. The summed E-state index contributed by atoms with van der Waals surface area (Å²) in [7, 11) is 0.